The van der Waals surface area contributed by atoms with Crippen molar-refractivity contribution in [2.45, 2.75) is 33.6 Å². The average Bonchev–Trinajstić information content (AvgIpc) is 2.52. The zero-order valence-electron chi connectivity index (χ0n) is 14.0. The van der Waals surface area contributed by atoms with Crippen LogP contribution in [0.15, 0.2) is 18.2 Å². The molecule has 0 spiro atoms. The number of hydrogen-bond acceptors (Lipinski definition) is 4. The van der Waals surface area contributed by atoms with E-state index in [0.29, 0.717) is 43.2 Å². The lowest BCUT2D eigenvalue weighted by atomic mass is 10.1. The molecule has 0 fully saturated rings. The molecule has 0 heterocycles. The van der Waals surface area contributed by atoms with Crippen LogP contribution >= 0.6 is 0 Å². The van der Waals surface area contributed by atoms with Gasteiger partial charge in [-0.3, -0.25) is 9.59 Å². The van der Waals surface area contributed by atoms with Gasteiger partial charge < -0.3 is 19.5 Å². The number of carboxylic acid groups (broad SMARTS) is 1. The van der Waals surface area contributed by atoms with E-state index in [1.807, 2.05) is 20.8 Å². The lowest BCUT2D eigenvalue weighted by Crippen LogP contribution is -2.36. The highest BCUT2D eigenvalue weighted by Crippen LogP contribution is 2.29. The third-order valence-electron chi connectivity index (χ3n) is 3.06. The molecule has 0 saturated heterocycles. The van der Waals surface area contributed by atoms with Crippen molar-refractivity contribution in [1.29, 1.82) is 0 Å². The molecule has 128 valence electrons. The van der Waals surface area contributed by atoms with Crippen molar-refractivity contribution in [3.63, 3.8) is 0 Å². The first-order chi connectivity index (χ1) is 11.0. The Morgan fingerprint density at radius 3 is 2.39 bits per heavy atom. The smallest absolute Gasteiger partial charge is 0.323 e. The SMILES string of the molecule is CCCOc1ccc(C(=O)N(CCC)CC(=O)O)cc1OCC. The molecule has 0 aliphatic carbocycles. The minimum Gasteiger partial charge on any atom is -0.490 e. The molecule has 0 unspecified atom stereocenters. The zero-order chi connectivity index (χ0) is 17.2. The quantitative estimate of drug-likeness (QED) is 0.716. The zero-order valence-corrected chi connectivity index (χ0v) is 14.0. The van der Waals surface area contributed by atoms with Gasteiger partial charge in [-0.2, -0.15) is 0 Å². The molecular formula is C17H25NO5. The van der Waals surface area contributed by atoms with E-state index in [4.69, 9.17) is 14.6 Å². The summed E-state index contributed by atoms with van der Waals surface area (Å²) >= 11 is 0. The molecule has 0 saturated carbocycles. The first kappa shape index (κ1) is 18.8. The van der Waals surface area contributed by atoms with E-state index in [-0.39, 0.29) is 12.5 Å². The summed E-state index contributed by atoms with van der Waals surface area (Å²) in [4.78, 5) is 24.8. The third-order valence-corrected chi connectivity index (χ3v) is 3.06. The number of carbonyl (C=O) groups is 2. The largest absolute Gasteiger partial charge is 0.490 e. The first-order valence-electron chi connectivity index (χ1n) is 7.94. The molecule has 0 atom stereocenters. The van der Waals surface area contributed by atoms with Crippen LogP contribution in [-0.4, -0.2) is 48.2 Å². The molecule has 1 aromatic carbocycles. The summed E-state index contributed by atoms with van der Waals surface area (Å²) in [5.74, 6) is -0.263. The molecule has 6 nitrogen and oxygen atoms in total. The number of carboxylic acids is 1. The molecule has 1 N–H and O–H groups in total. The minimum absolute atomic E-state index is 0.315. The van der Waals surface area contributed by atoms with Gasteiger partial charge in [-0.15, -0.1) is 0 Å². The first-order valence-corrected chi connectivity index (χ1v) is 7.94. The van der Waals surface area contributed by atoms with Gasteiger partial charge in [0.15, 0.2) is 11.5 Å². The molecule has 23 heavy (non-hydrogen) atoms. The van der Waals surface area contributed by atoms with Crippen LogP contribution < -0.4 is 9.47 Å². The number of rotatable bonds is 10. The Morgan fingerprint density at radius 1 is 1.09 bits per heavy atom. The number of carbonyl (C=O) groups excluding carboxylic acids is 1. The molecule has 0 aliphatic rings. The summed E-state index contributed by atoms with van der Waals surface area (Å²) in [6.45, 7) is 6.85. The van der Waals surface area contributed by atoms with Gasteiger partial charge >= 0.3 is 5.97 Å². The number of ether oxygens (including phenoxy) is 2. The van der Waals surface area contributed by atoms with Crippen LogP contribution in [0.25, 0.3) is 0 Å². The predicted molar refractivity (Wildman–Crippen MR) is 87.2 cm³/mol. The van der Waals surface area contributed by atoms with Crippen molar-refractivity contribution in [3.8, 4) is 11.5 Å². The van der Waals surface area contributed by atoms with E-state index in [0.717, 1.165) is 6.42 Å². The number of benzene rings is 1. The molecule has 1 aromatic rings. The summed E-state index contributed by atoms with van der Waals surface area (Å²) in [5, 5.41) is 8.95. The lowest BCUT2D eigenvalue weighted by molar-refractivity contribution is -0.137. The third kappa shape index (κ3) is 5.81. The molecule has 0 aliphatic heterocycles. The van der Waals surface area contributed by atoms with E-state index in [9.17, 15) is 9.59 Å². The Morgan fingerprint density at radius 2 is 1.83 bits per heavy atom. The molecule has 0 bridgehead atoms. The van der Waals surface area contributed by atoms with Gasteiger partial charge in [0.05, 0.1) is 13.2 Å². The van der Waals surface area contributed by atoms with Crippen molar-refractivity contribution in [1.82, 2.24) is 4.90 Å². The number of nitrogens with zero attached hydrogens (tertiary/aromatic N) is 1. The molecule has 1 amide bonds. The maximum Gasteiger partial charge on any atom is 0.323 e. The topological polar surface area (TPSA) is 76.1 Å². The Hall–Kier alpha value is -2.24. The second kappa shape index (κ2) is 9.71. The van der Waals surface area contributed by atoms with Crippen molar-refractivity contribution in [3.05, 3.63) is 23.8 Å². The molecule has 0 aromatic heterocycles. The summed E-state index contributed by atoms with van der Waals surface area (Å²) in [6, 6.07) is 4.94. The second-order valence-electron chi connectivity index (χ2n) is 5.06. The summed E-state index contributed by atoms with van der Waals surface area (Å²) in [7, 11) is 0. The highest BCUT2D eigenvalue weighted by molar-refractivity contribution is 5.96. The van der Waals surface area contributed by atoms with E-state index in [2.05, 4.69) is 0 Å². The second-order valence-corrected chi connectivity index (χ2v) is 5.06. The molecule has 0 radical (unpaired) electrons. The maximum absolute atomic E-state index is 12.5. The fourth-order valence-electron chi connectivity index (χ4n) is 2.11. The van der Waals surface area contributed by atoms with E-state index < -0.39 is 5.97 Å². The average molecular weight is 323 g/mol. The number of hydrogen-bond donors (Lipinski definition) is 1. The van der Waals surface area contributed by atoms with Gasteiger partial charge in [0.2, 0.25) is 0 Å². The van der Waals surface area contributed by atoms with Gasteiger partial charge in [-0.1, -0.05) is 13.8 Å². The Labute approximate surface area is 137 Å². The van der Waals surface area contributed by atoms with Gasteiger partial charge in [-0.05, 0) is 38.0 Å². The number of amides is 1. The monoisotopic (exact) mass is 323 g/mol. The van der Waals surface area contributed by atoms with Gasteiger partial charge in [0.1, 0.15) is 6.54 Å². The number of aliphatic carboxylic acids is 1. The Bertz CT molecular complexity index is 530. The van der Waals surface area contributed by atoms with Crippen LogP contribution in [0, 0.1) is 0 Å². The summed E-state index contributed by atoms with van der Waals surface area (Å²) in [5.41, 5.74) is 0.395. The summed E-state index contributed by atoms with van der Waals surface area (Å²) in [6.07, 6.45) is 1.56. The van der Waals surface area contributed by atoms with Gasteiger partial charge in [0, 0.05) is 12.1 Å². The van der Waals surface area contributed by atoms with E-state index >= 15 is 0 Å². The Balaban J connectivity index is 3.02. The van der Waals surface area contributed by atoms with Crippen LogP contribution in [0.1, 0.15) is 44.0 Å². The maximum atomic E-state index is 12.5. The molecular weight excluding hydrogens is 298 g/mol. The van der Waals surface area contributed by atoms with E-state index in [1.54, 1.807) is 18.2 Å². The van der Waals surface area contributed by atoms with E-state index in [1.165, 1.54) is 4.90 Å². The summed E-state index contributed by atoms with van der Waals surface area (Å²) < 4.78 is 11.1. The normalized spacial score (nSPS) is 10.2. The molecule has 6 heteroatoms. The van der Waals surface area contributed by atoms with Crippen LogP contribution in [-0.2, 0) is 4.79 Å². The fraction of sp³-hybridized carbons (Fsp3) is 0.529. The van der Waals surface area contributed by atoms with Crippen LogP contribution in [0.5, 0.6) is 11.5 Å². The van der Waals surface area contributed by atoms with Crippen LogP contribution in [0.3, 0.4) is 0 Å². The Kier molecular flexibility index (Phi) is 7.94. The fourth-order valence-corrected chi connectivity index (χ4v) is 2.11. The predicted octanol–water partition coefficient (Wildman–Crippen LogP) is 2.81. The van der Waals surface area contributed by atoms with Crippen molar-refractivity contribution < 1.29 is 24.2 Å². The van der Waals surface area contributed by atoms with Crippen LogP contribution in [0.2, 0.25) is 0 Å². The highest BCUT2D eigenvalue weighted by Gasteiger charge is 2.19. The van der Waals surface area contributed by atoms with Crippen LogP contribution in [0.4, 0.5) is 0 Å². The van der Waals surface area contributed by atoms with Crippen molar-refractivity contribution in [2.75, 3.05) is 26.3 Å². The standard InChI is InChI=1S/C17H25NO5/c1-4-9-18(12-16(19)20)17(21)13-7-8-14(23-10-5-2)15(11-13)22-6-3/h7-8,11H,4-6,9-10,12H2,1-3H3,(H,19,20). The van der Waals surface area contributed by atoms with Gasteiger partial charge in [-0.25, -0.2) is 0 Å². The molecule has 1 rings (SSSR count). The minimum atomic E-state index is -1.03. The highest BCUT2D eigenvalue weighted by atomic mass is 16.5. The van der Waals surface area contributed by atoms with Gasteiger partial charge in [0.25, 0.3) is 5.91 Å². The van der Waals surface area contributed by atoms with Crippen molar-refractivity contribution >= 4 is 11.9 Å². The van der Waals surface area contributed by atoms with Crippen molar-refractivity contribution in [2.24, 2.45) is 0 Å². The lowest BCUT2D eigenvalue weighted by Gasteiger charge is -2.21.